The van der Waals surface area contributed by atoms with E-state index in [4.69, 9.17) is 9.47 Å². The fourth-order valence-corrected chi connectivity index (χ4v) is 4.13. The summed E-state index contributed by atoms with van der Waals surface area (Å²) >= 11 is 0. The van der Waals surface area contributed by atoms with Gasteiger partial charge in [-0.25, -0.2) is 0 Å². The Kier molecular flexibility index (Phi) is 27.4. The largest absolute Gasteiger partial charge is 0.466 e. The van der Waals surface area contributed by atoms with E-state index in [1.807, 2.05) is 12.2 Å². The van der Waals surface area contributed by atoms with Gasteiger partial charge >= 0.3 is 11.9 Å². The summed E-state index contributed by atoms with van der Waals surface area (Å²) in [6.07, 6.45) is 29.1. The van der Waals surface area contributed by atoms with Gasteiger partial charge < -0.3 is 9.47 Å². The van der Waals surface area contributed by atoms with Crippen LogP contribution in [0.4, 0.5) is 0 Å². The second-order valence-electron chi connectivity index (χ2n) is 9.81. The predicted octanol–water partition coefficient (Wildman–Crippen LogP) is 9.42. The van der Waals surface area contributed by atoms with Crippen molar-refractivity contribution < 1.29 is 19.1 Å². The molecule has 0 aliphatic heterocycles. The Labute approximate surface area is 217 Å². The molecule has 0 aromatic carbocycles. The molecule has 0 aliphatic rings. The second-order valence-corrected chi connectivity index (χ2v) is 9.81. The number of ether oxygens (including phenoxy) is 2. The Hall–Kier alpha value is -1.58. The van der Waals surface area contributed by atoms with Gasteiger partial charge in [-0.3, -0.25) is 9.59 Å². The van der Waals surface area contributed by atoms with Gasteiger partial charge in [-0.1, -0.05) is 95.6 Å². The van der Waals surface area contributed by atoms with E-state index in [0.717, 1.165) is 64.2 Å². The first-order chi connectivity index (χ1) is 17.2. The van der Waals surface area contributed by atoms with Gasteiger partial charge in [-0.15, -0.1) is 13.2 Å². The maximum absolute atomic E-state index is 11.8. The minimum atomic E-state index is -0.0366. The van der Waals surface area contributed by atoms with Gasteiger partial charge in [0, 0.05) is 12.8 Å². The molecule has 0 bridgehead atoms. The Bertz CT molecular complexity index is 456. The van der Waals surface area contributed by atoms with Crippen LogP contribution in [0.1, 0.15) is 148 Å². The lowest BCUT2D eigenvalue weighted by Crippen LogP contribution is -2.06. The SMILES string of the molecule is C=CCCCCCCCCC(=O)OCCCCCCCCCOC(=O)CCCCCCCCC=C. The van der Waals surface area contributed by atoms with Crippen molar-refractivity contribution in [3.8, 4) is 0 Å². The van der Waals surface area contributed by atoms with Gasteiger partial charge in [-0.05, 0) is 51.4 Å². The third kappa shape index (κ3) is 28.5. The predicted molar refractivity (Wildman–Crippen MR) is 149 cm³/mol. The molecule has 0 aliphatic carbocycles. The molecule has 0 amide bonds. The van der Waals surface area contributed by atoms with Crippen molar-refractivity contribution in [3.05, 3.63) is 25.3 Å². The molecule has 204 valence electrons. The lowest BCUT2D eigenvalue weighted by Gasteiger charge is -2.06. The summed E-state index contributed by atoms with van der Waals surface area (Å²) in [5, 5.41) is 0. The summed E-state index contributed by atoms with van der Waals surface area (Å²) in [4.78, 5) is 23.5. The zero-order valence-electron chi connectivity index (χ0n) is 22.9. The molecule has 0 heterocycles. The average molecular weight is 493 g/mol. The Morgan fingerprint density at radius 1 is 0.429 bits per heavy atom. The highest BCUT2D eigenvalue weighted by molar-refractivity contribution is 5.69. The normalized spacial score (nSPS) is 10.7. The molecular formula is C31H56O4. The molecule has 0 saturated carbocycles. The lowest BCUT2D eigenvalue weighted by atomic mass is 10.1. The minimum Gasteiger partial charge on any atom is -0.466 e. The van der Waals surface area contributed by atoms with Gasteiger partial charge in [0.2, 0.25) is 0 Å². The van der Waals surface area contributed by atoms with E-state index in [2.05, 4.69) is 13.2 Å². The fourth-order valence-electron chi connectivity index (χ4n) is 4.13. The molecule has 4 nitrogen and oxygen atoms in total. The first-order valence-corrected chi connectivity index (χ1v) is 14.7. The van der Waals surface area contributed by atoms with Crippen molar-refractivity contribution in [2.75, 3.05) is 13.2 Å². The lowest BCUT2D eigenvalue weighted by molar-refractivity contribution is -0.144. The first kappa shape index (κ1) is 33.4. The number of rotatable bonds is 28. The van der Waals surface area contributed by atoms with E-state index in [1.165, 1.54) is 70.6 Å². The molecule has 4 heteroatoms. The summed E-state index contributed by atoms with van der Waals surface area (Å²) in [7, 11) is 0. The number of unbranched alkanes of at least 4 members (excludes halogenated alkanes) is 18. The highest BCUT2D eigenvalue weighted by Gasteiger charge is 2.04. The molecule has 0 atom stereocenters. The van der Waals surface area contributed by atoms with Crippen LogP contribution in [0, 0.1) is 0 Å². The minimum absolute atomic E-state index is 0.0366. The highest BCUT2D eigenvalue weighted by Crippen LogP contribution is 2.12. The van der Waals surface area contributed by atoms with Crippen LogP contribution in [-0.2, 0) is 19.1 Å². The smallest absolute Gasteiger partial charge is 0.305 e. The molecule has 0 aromatic heterocycles. The van der Waals surface area contributed by atoms with Crippen LogP contribution in [-0.4, -0.2) is 25.2 Å². The molecule has 0 rings (SSSR count). The summed E-state index contributed by atoms with van der Waals surface area (Å²) in [5.41, 5.74) is 0. The first-order valence-electron chi connectivity index (χ1n) is 14.7. The Balaban J connectivity index is 3.24. The Morgan fingerprint density at radius 3 is 1.06 bits per heavy atom. The zero-order valence-corrected chi connectivity index (χ0v) is 22.9. The number of carbonyl (C=O) groups excluding carboxylic acids is 2. The van der Waals surface area contributed by atoms with Gasteiger partial charge in [0.25, 0.3) is 0 Å². The molecule has 0 saturated heterocycles. The van der Waals surface area contributed by atoms with Crippen LogP contribution in [0.5, 0.6) is 0 Å². The summed E-state index contributed by atoms with van der Waals surface area (Å²) < 4.78 is 10.7. The maximum atomic E-state index is 11.8. The molecule has 0 aromatic rings. The molecule has 0 spiro atoms. The fraction of sp³-hybridized carbons (Fsp3) is 0.806. The topological polar surface area (TPSA) is 52.6 Å². The van der Waals surface area contributed by atoms with E-state index in [1.54, 1.807) is 0 Å². The molecule has 0 fully saturated rings. The standard InChI is InChI=1S/C31H56O4/c1-3-5-7-9-11-14-18-22-26-30(32)34-28-24-20-16-13-17-21-25-29-35-31(33)27-23-19-15-12-10-8-6-4-2/h3-4H,1-2,5-29H2. The van der Waals surface area contributed by atoms with Crippen LogP contribution in [0.25, 0.3) is 0 Å². The average Bonchev–Trinajstić information content (AvgIpc) is 2.85. The molecule has 0 N–H and O–H groups in total. The van der Waals surface area contributed by atoms with E-state index >= 15 is 0 Å². The number of carbonyl (C=O) groups is 2. The second kappa shape index (κ2) is 28.7. The number of hydrogen-bond acceptors (Lipinski definition) is 4. The number of allylic oxidation sites excluding steroid dienone is 2. The van der Waals surface area contributed by atoms with Crippen molar-refractivity contribution in [1.82, 2.24) is 0 Å². The molecule has 35 heavy (non-hydrogen) atoms. The van der Waals surface area contributed by atoms with Gasteiger partial charge in [0.05, 0.1) is 13.2 Å². The van der Waals surface area contributed by atoms with E-state index in [9.17, 15) is 9.59 Å². The zero-order chi connectivity index (χ0) is 25.7. The summed E-state index contributed by atoms with van der Waals surface area (Å²) in [6.45, 7) is 8.60. The van der Waals surface area contributed by atoms with Gasteiger partial charge in [0.1, 0.15) is 0 Å². The molecule has 0 radical (unpaired) electrons. The third-order valence-corrected chi connectivity index (χ3v) is 6.39. The van der Waals surface area contributed by atoms with Crippen molar-refractivity contribution in [1.29, 1.82) is 0 Å². The summed E-state index contributed by atoms with van der Waals surface area (Å²) in [6, 6.07) is 0. The molecule has 0 unspecified atom stereocenters. The van der Waals surface area contributed by atoms with Crippen LogP contribution < -0.4 is 0 Å². The van der Waals surface area contributed by atoms with Crippen molar-refractivity contribution in [3.63, 3.8) is 0 Å². The van der Waals surface area contributed by atoms with Crippen LogP contribution in [0.15, 0.2) is 25.3 Å². The quantitative estimate of drug-likeness (QED) is 0.0620. The number of esters is 2. The van der Waals surface area contributed by atoms with Crippen molar-refractivity contribution in [2.24, 2.45) is 0 Å². The van der Waals surface area contributed by atoms with Gasteiger partial charge in [-0.2, -0.15) is 0 Å². The van der Waals surface area contributed by atoms with Crippen LogP contribution in [0.2, 0.25) is 0 Å². The maximum Gasteiger partial charge on any atom is 0.305 e. The van der Waals surface area contributed by atoms with E-state index in [0.29, 0.717) is 26.1 Å². The molecular weight excluding hydrogens is 436 g/mol. The highest BCUT2D eigenvalue weighted by atomic mass is 16.5. The third-order valence-electron chi connectivity index (χ3n) is 6.39. The van der Waals surface area contributed by atoms with E-state index in [-0.39, 0.29) is 11.9 Å². The summed E-state index contributed by atoms with van der Waals surface area (Å²) in [5.74, 6) is -0.0732. The van der Waals surface area contributed by atoms with Crippen molar-refractivity contribution >= 4 is 11.9 Å². The van der Waals surface area contributed by atoms with E-state index < -0.39 is 0 Å². The number of hydrogen-bond donors (Lipinski definition) is 0. The monoisotopic (exact) mass is 492 g/mol. The van der Waals surface area contributed by atoms with Gasteiger partial charge in [0.15, 0.2) is 0 Å². The van der Waals surface area contributed by atoms with Crippen LogP contribution in [0.3, 0.4) is 0 Å². The van der Waals surface area contributed by atoms with Crippen LogP contribution >= 0.6 is 0 Å². The van der Waals surface area contributed by atoms with Crippen molar-refractivity contribution in [2.45, 2.75) is 148 Å². The Morgan fingerprint density at radius 2 is 0.714 bits per heavy atom.